The van der Waals surface area contributed by atoms with Crippen molar-refractivity contribution < 1.29 is 26.5 Å². The van der Waals surface area contributed by atoms with E-state index in [9.17, 15) is 31.7 Å². The summed E-state index contributed by atoms with van der Waals surface area (Å²) < 4.78 is 63.8. The first-order valence-electron chi connectivity index (χ1n) is 6.55. The number of thiophene rings is 1. The monoisotopic (exact) mass is 414 g/mol. The number of halogens is 4. The molecule has 12 heteroatoms. The highest BCUT2D eigenvalue weighted by molar-refractivity contribution is 7.91. The van der Waals surface area contributed by atoms with Crippen LogP contribution in [0.25, 0.3) is 0 Å². The maximum absolute atomic E-state index is 12.5. The fourth-order valence-electron chi connectivity index (χ4n) is 1.91. The minimum absolute atomic E-state index is 0.285. The molecule has 1 heterocycles. The van der Waals surface area contributed by atoms with E-state index in [-0.39, 0.29) is 8.55 Å². The number of sulfonamides is 1. The molecule has 0 radical (unpaired) electrons. The maximum Gasteiger partial charge on any atom is 0.416 e. The lowest BCUT2D eigenvalue weighted by Crippen LogP contribution is -2.26. The van der Waals surface area contributed by atoms with Crippen molar-refractivity contribution in [1.82, 2.24) is 4.72 Å². The van der Waals surface area contributed by atoms with Crippen LogP contribution in [0.1, 0.15) is 24.1 Å². The van der Waals surface area contributed by atoms with Crippen LogP contribution in [0.5, 0.6) is 0 Å². The summed E-state index contributed by atoms with van der Waals surface area (Å²) in [5, 5.41) is 10.7. The molecule has 2 aromatic rings. The Kier molecular flexibility index (Phi) is 5.42. The Hall–Kier alpha value is -1.69. The molecule has 1 N–H and O–H groups in total. The van der Waals surface area contributed by atoms with Crippen molar-refractivity contribution in [3.8, 4) is 0 Å². The fraction of sp³-hybridized carbons (Fsp3) is 0.231. The molecule has 136 valence electrons. The number of benzene rings is 1. The Morgan fingerprint density at radius 2 is 1.84 bits per heavy atom. The Morgan fingerprint density at radius 3 is 2.28 bits per heavy atom. The lowest BCUT2D eigenvalue weighted by molar-refractivity contribution is -0.384. The van der Waals surface area contributed by atoms with E-state index in [1.807, 2.05) is 0 Å². The van der Waals surface area contributed by atoms with Crippen LogP contribution < -0.4 is 4.72 Å². The van der Waals surface area contributed by atoms with Crippen LogP contribution in [0.4, 0.5) is 18.9 Å². The average Bonchev–Trinajstić information content (AvgIpc) is 2.89. The zero-order valence-corrected chi connectivity index (χ0v) is 14.8. The smallest absolute Gasteiger partial charge is 0.258 e. The van der Waals surface area contributed by atoms with Gasteiger partial charge in [-0.05, 0) is 24.6 Å². The molecule has 0 aliphatic heterocycles. The summed E-state index contributed by atoms with van der Waals surface area (Å²) in [5.41, 5.74) is -1.09. The summed E-state index contributed by atoms with van der Waals surface area (Å²) in [4.78, 5) is 9.93. The number of hydrogen-bond acceptors (Lipinski definition) is 5. The largest absolute Gasteiger partial charge is 0.416 e. The summed E-state index contributed by atoms with van der Waals surface area (Å²) in [6.07, 6.45) is -4.49. The Bertz CT molecular complexity index is 895. The van der Waals surface area contributed by atoms with Crippen LogP contribution in [0, 0.1) is 10.1 Å². The maximum atomic E-state index is 12.5. The predicted molar refractivity (Wildman–Crippen MR) is 86.2 cm³/mol. The molecule has 6 nitrogen and oxygen atoms in total. The van der Waals surface area contributed by atoms with Crippen molar-refractivity contribution in [1.29, 1.82) is 0 Å². The Labute approximate surface area is 149 Å². The summed E-state index contributed by atoms with van der Waals surface area (Å²) in [6.45, 7) is 1.43. The highest BCUT2D eigenvalue weighted by Gasteiger charge is 2.31. The van der Waals surface area contributed by atoms with Gasteiger partial charge in [-0.1, -0.05) is 23.7 Å². The number of nitro groups is 1. The van der Waals surface area contributed by atoms with E-state index in [1.54, 1.807) is 0 Å². The van der Waals surface area contributed by atoms with Crippen LogP contribution >= 0.6 is 22.9 Å². The van der Waals surface area contributed by atoms with Crippen molar-refractivity contribution in [3.63, 3.8) is 0 Å². The van der Waals surface area contributed by atoms with Crippen LogP contribution in [0.15, 0.2) is 34.5 Å². The minimum atomic E-state index is -4.49. The van der Waals surface area contributed by atoms with Gasteiger partial charge in [0.25, 0.3) is 15.7 Å². The van der Waals surface area contributed by atoms with Crippen LogP contribution in [0.2, 0.25) is 4.34 Å². The molecule has 0 aliphatic carbocycles. The molecule has 0 fully saturated rings. The van der Waals surface area contributed by atoms with Gasteiger partial charge >= 0.3 is 6.18 Å². The topological polar surface area (TPSA) is 89.3 Å². The second-order valence-corrected chi connectivity index (χ2v) is 8.54. The normalized spacial score (nSPS) is 13.6. The first-order chi connectivity index (χ1) is 11.4. The highest BCUT2D eigenvalue weighted by Crippen LogP contribution is 2.36. The summed E-state index contributed by atoms with van der Waals surface area (Å²) in [7, 11) is -4.12. The van der Waals surface area contributed by atoms with Gasteiger partial charge in [0.05, 0.1) is 10.5 Å². The number of hydrogen-bond donors (Lipinski definition) is 1. The molecule has 0 saturated heterocycles. The van der Waals surface area contributed by atoms with Gasteiger partial charge in [-0.15, -0.1) is 11.3 Å². The minimum Gasteiger partial charge on any atom is -0.258 e. The molecular weight excluding hydrogens is 405 g/mol. The molecule has 1 aromatic carbocycles. The Morgan fingerprint density at radius 1 is 1.28 bits per heavy atom. The van der Waals surface area contributed by atoms with Crippen molar-refractivity contribution >= 4 is 38.6 Å². The molecule has 2 rings (SSSR count). The standard InChI is InChI=1S/C13H10ClF3N2O4S2/c1-7(8-2-4-9(5-3-8)13(15,16)17)18-25(22,23)11-6-10(19(20)21)12(14)24-11/h2-7,18H,1H3. The summed E-state index contributed by atoms with van der Waals surface area (Å²) in [5.74, 6) is 0. The number of nitrogens with one attached hydrogen (secondary N) is 1. The number of nitrogens with zero attached hydrogens (tertiary/aromatic N) is 1. The number of alkyl halides is 3. The van der Waals surface area contributed by atoms with Gasteiger partial charge in [-0.2, -0.15) is 13.2 Å². The van der Waals surface area contributed by atoms with Crippen molar-refractivity contribution in [2.45, 2.75) is 23.4 Å². The van der Waals surface area contributed by atoms with Crippen LogP contribution in [-0.2, 0) is 16.2 Å². The molecule has 0 spiro atoms. The zero-order valence-electron chi connectivity index (χ0n) is 12.4. The highest BCUT2D eigenvalue weighted by atomic mass is 35.5. The van der Waals surface area contributed by atoms with E-state index in [0.29, 0.717) is 16.9 Å². The molecular formula is C13H10ClF3N2O4S2. The zero-order chi connectivity index (χ0) is 19.0. The molecule has 1 aromatic heterocycles. The molecule has 0 saturated carbocycles. The van der Waals surface area contributed by atoms with Gasteiger partial charge in [0.2, 0.25) is 0 Å². The molecule has 0 bridgehead atoms. The molecule has 1 atom stereocenters. The molecule has 0 amide bonds. The van der Waals surface area contributed by atoms with Crippen molar-refractivity contribution in [2.24, 2.45) is 0 Å². The molecule has 0 aliphatic rings. The third-order valence-corrected chi connectivity index (χ3v) is 6.53. The van der Waals surface area contributed by atoms with E-state index in [4.69, 9.17) is 11.6 Å². The molecule has 25 heavy (non-hydrogen) atoms. The molecule has 1 unspecified atom stereocenters. The number of rotatable bonds is 5. The average molecular weight is 415 g/mol. The van der Waals surface area contributed by atoms with Gasteiger partial charge in [0.1, 0.15) is 4.21 Å². The van der Waals surface area contributed by atoms with Gasteiger partial charge in [-0.25, -0.2) is 13.1 Å². The van der Waals surface area contributed by atoms with E-state index in [1.165, 1.54) is 6.92 Å². The van der Waals surface area contributed by atoms with E-state index in [0.717, 1.165) is 30.3 Å². The summed E-state index contributed by atoms with van der Waals surface area (Å²) in [6, 6.07) is 3.96. The first kappa shape index (κ1) is 19.6. The van der Waals surface area contributed by atoms with Crippen molar-refractivity contribution in [3.05, 3.63) is 55.9 Å². The predicted octanol–water partition coefficient (Wildman–Crippen LogP) is 4.37. The van der Waals surface area contributed by atoms with Gasteiger partial charge in [0, 0.05) is 12.1 Å². The van der Waals surface area contributed by atoms with E-state index in [2.05, 4.69) is 4.72 Å². The van der Waals surface area contributed by atoms with Gasteiger partial charge in [0.15, 0.2) is 4.34 Å². The second-order valence-electron chi connectivity index (χ2n) is 4.94. The van der Waals surface area contributed by atoms with Crippen molar-refractivity contribution in [2.75, 3.05) is 0 Å². The summed E-state index contributed by atoms with van der Waals surface area (Å²) >= 11 is 6.15. The Balaban J connectivity index is 2.22. The second kappa shape index (κ2) is 6.90. The lowest BCUT2D eigenvalue weighted by atomic mass is 10.1. The van der Waals surface area contributed by atoms with E-state index >= 15 is 0 Å². The first-order valence-corrected chi connectivity index (χ1v) is 9.23. The lowest BCUT2D eigenvalue weighted by Gasteiger charge is -2.15. The third-order valence-electron chi connectivity index (χ3n) is 3.18. The SMILES string of the molecule is CC(NS(=O)(=O)c1cc([N+](=O)[O-])c(Cl)s1)c1ccc(C(F)(F)F)cc1. The van der Waals surface area contributed by atoms with Crippen LogP contribution in [0.3, 0.4) is 0 Å². The van der Waals surface area contributed by atoms with Gasteiger partial charge < -0.3 is 0 Å². The van der Waals surface area contributed by atoms with Gasteiger partial charge in [-0.3, -0.25) is 10.1 Å². The fourth-order valence-corrected chi connectivity index (χ4v) is 4.83. The third kappa shape index (κ3) is 4.48. The van der Waals surface area contributed by atoms with Crippen LogP contribution in [-0.4, -0.2) is 13.3 Å². The quantitative estimate of drug-likeness (QED) is 0.581. The van der Waals surface area contributed by atoms with E-state index < -0.39 is 38.4 Å².